The second-order valence-corrected chi connectivity index (χ2v) is 8.79. The maximum Gasteiger partial charge on any atom is 0.284 e. The Kier molecular flexibility index (Phi) is 4.63. The topological polar surface area (TPSA) is 76.7 Å². The Morgan fingerprint density at radius 2 is 2.00 bits per heavy atom. The molecule has 3 aliphatic rings. The number of hydrogen-bond donors (Lipinski definition) is 1. The number of rotatable bonds is 5. The van der Waals surface area contributed by atoms with Crippen LogP contribution in [-0.4, -0.2) is 50.4 Å². The van der Waals surface area contributed by atoms with Gasteiger partial charge in [-0.25, -0.2) is 13.8 Å². The summed E-state index contributed by atoms with van der Waals surface area (Å²) < 4.78 is 36.1. The van der Waals surface area contributed by atoms with Gasteiger partial charge in [-0.3, -0.25) is 9.48 Å². The first-order valence-electron chi connectivity index (χ1n) is 11.1. The minimum Gasteiger partial charge on any atom is -0.372 e. The molecule has 1 saturated carbocycles. The third-order valence-corrected chi connectivity index (χ3v) is 6.88. The average molecular weight is 442 g/mol. The molecular weight excluding hydrogens is 418 g/mol. The predicted molar refractivity (Wildman–Crippen MR) is 113 cm³/mol. The van der Waals surface area contributed by atoms with Gasteiger partial charge in [0.25, 0.3) is 12.3 Å². The smallest absolute Gasteiger partial charge is 0.284 e. The lowest BCUT2D eigenvalue weighted by molar-refractivity contribution is -0.113. The van der Waals surface area contributed by atoms with Crippen molar-refractivity contribution in [3.05, 3.63) is 42.0 Å². The van der Waals surface area contributed by atoms with Crippen molar-refractivity contribution in [2.75, 3.05) is 23.4 Å². The summed E-state index contributed by atoms with van der Waals surface area (Å²) >= 11 is 0. The van der Waals surface area contributed by atoms with E-state index in [0.29, 0.717) is 23.9 Å². The summed E-state index contributed by atoms with van der Waals surface area (Å²) in [7, 11) is 0. The van der Waals surface area contributed by atoms with Crippen LogP contribution in [0.3, 0.4) is 0 Å². The molecule has 32 heavy (non-hydrogen) atoms. The van der Waals surface area contributed by atoms with Crippen LogP contribution < -0.4 is 10.2 Å². The van der Waals surface area contributed by atoms with Gasteiger partial charge in [-0.2, -0.15) is 5.10 Å². The van der Waals surface area contributed by atoms with E-state index in [4.69, 9.17) is 4.74 Å². The third-order valence-electron chi connectivity index (χ3n) is 6.88. The number of anilines is 2. The van der Waals surface area contributed by atoms with E-state index in [1.807, 2.05) is 12.3 Å². The van der Waals surface area contributed by atoms with Gasteiger partial charge in [-0.1, -0.05) is 19.3 Å². The fourth-order valence-corrected chi connectivity index (χ4v) is 4.93. The van der Waals surface area contributed by atoms with Gasteiger partial charge in [0.1, 0.15) is 5.82 Å². The first kappa shape index (κ1) is 19.7. The van der Waals surface area contributed by atoms with E-state index in [0.717, 1.165) is 44.5 Å². The molecular formula is C22H24F2N6O2. The molecule has 2 atom stereocenters. The van der Waals surface area contributed by atoms with Crippen molar-refractivity contribution >= 4 is 23.1 Å². The lowest BCUT2D eigenvalue weighted by atomic mass is 9.95. The Labute approximate surface area is 183 Å². The van der Waals surface area contributed by atoms with Gasteiger partial charge in [-0.15, -0.1) is 0 Å². The second kappa shape index (κ2) is 7.54. The summed E-state index contributed by atoms with van der Waals surface area (Å²) in [6.07, 6.45) is 7.76. The Balaban J connectivity index is 1.27. The first-order valence-corrected chi connectivity index (χ1v) is 11.1. The molecule has 8 nitrogen and oxygen atoms in total. The van der Waals surface area contributed by atoms with Crippen LogP contribution in [-0.2, 0) is 4.74 Å². The molecule has 6 rings (SSSR count). The average Bonchev–Trinajstić information content (AvgIpc) is 3.40. The van der Waals surface area contributed by atoms with E-state index in [1.54, 1.807) is 27.5 Å². The van der Waals surface area contributed by atoms with Crippen LogP contribution in [0.1, 0.15) is 60.6 Å². The maximum absolute atomic E-state index is 13.7. The Bertz CT molecular complexity index is 1170. The second-order valence-electron chi connectivity index (χ2n) is 8.79. The fraction of sp³-hybridized carbons (Fsp3) is 0.500. The van der Waals surface area contributed by atoms with Crippen LogP contribution in [0.4, 0.5) is 20.3 Å². The molecule has 5 heterocycles. The van der Waals surface area contributed by atoms with Gasteiger partial charge < -0.3 is 19.4 Å². The van der Waals surface area contributed by atoms with Gasteiger partial charge in [0.05, 0.1) is 36.0 Å². The summed E-state index contributed by atoms with van der Waals surface area (Å²) in [5.74, 6) is 0.309. The lowest BCUT2D eigenvalue weighted by Crippen LogP contribution is -2.71. The van der Waals surface area contributed by atoms with Crippen molar-refractivity contribution in [3.8, 4) is 0 Å². The molecule has 1 aliphatic carbocycles. The molecule has 3 aromatic heterocycles. The summed E-state index contributed by atoms with van der Waals surface area (Å²) in [6.45, 7) is 1.47. The van der Waals surface area contributed by atoms with Crippen molar-refractivity contribution in [2.24, 2.45) is 0 Å². The quantitative estimate of drug-likeness (QED) is 0.650. The number of carbonyl (C=O) groups excluding carboxylic acids is 1. The van der Waals surface area contributed by atoms with Crippen LogP contribution in [0.25, 0.3) is 5.65 Å². The molecule has 3 aromatic rings. The van der Waals surface area contributed by atoms with E-state index >= 15 is 0 Å². The Morgan fingerprint density at radius 3 is 2.69 bits per heavy atom. The Morgan fingerprint density at radius 1 is 1.19 bits per heavy atom. The van der Waals surface area contributed by atoms with Crippen LogP contribution in [0.5, 0.6) is 0 Å². The molecule has 0 aromatic carbocycles. The number of nitrogens with zero attached hydrogens (tertiary/aromatic N) is 5. The number of alkyl halides is 2. The normalized spacial score (nSPS) is 23.2. The highest BCUT2D eigenvalue weighted by Crippen LogP contribution is 2.35. The van der Waals surface area contributed by atoms with Gasteiger partial charge in [0, 0.05) is 25.1 Å². The number of amides is 1. The minimum atomic E-state index is -2.77. The van der Waals surface area contributed by atoms with E-state index in [1.165, 1.54) is 0 Å². The number of aromatic nitrogens is 4. The lowest BCUT2D eigenvalue weighted by Gasteiger charge is -2.55. The van der Waals surface area contributed by atoms with Crippen molar-refractivity contribution in [2.45, 2.75) is 56.7 Å². The summed E-state index contributed by atoms with van der Waals surface area (Å²) in [5.41, 5.74) is 0.488. The molecule has 10 heteroatoms. The van der Waals surface area contributed by atoms with Gasteiger partial charge in [0.2, 0.25) is 0 Å². The van der Waals surface area contributed by atoms with Gasteiger partial charge >= 0.3 is 0 Å². The van der Waals surface area contributed by atoms with Crippen LogP contribution in [0.15, 0.2) is 30.7 Å². The molecule has 0 bridgehead atoms. The molecule has 0 spiro atoms. The highest BCUT2D eigenvalue weighted by atomic mass is 19.3. The molecule has 168 valence electrons. The summed E-state index contributed by atoms with van der Waals surface area (Å²) in [4.78, 5) is 19.9. The van der Waals surface area contributed by atoms with E-state index in [-0.39, 0.29) is 17.8 Å². The molecule has 2 aliphatic heterocycles. The van der Waals surface area contributed by atoms with Crippen LogP contribution in [0, 0.1) is 0 Å². The highest BCUT2D eigenvalue weighted by molar-refractivity contribution is 6.08. The molecule has 1 N–H and O–H groups in total. The van der Waals surface area contributed by atoms with E-state index < -0.39 is 18.0 Å². The number of nitrogens with one attached hydrogen (secondary N) is 1. The predicted octanol–water partition coefficient (Wildman–Crippen LogP) is 3.81. The molecule has 2 saturated heterocycles. The third kappa shape index (κ3) is 3.16. The minimum absolute atomic E-state index is 0.0586. The zero-order chi connectivity index (χ0) is 21.8. The summed E-state index contributed by atoms with van der Waals surface area (Å²) in [6, 6.07) is 4.01. The van der Waals surface area contributed by atoms with Crippen LogP contribution in [0.2, 0.25) is 0 Å². The van der Waals surface area contributed by atoms with Crippen molar-refractivity contribution in [1.82, 2.24) is 19.2 Å². The monoisotopic (exact) mass is 442 g/mol. The molecule has 2 unspecified atom stereocenters. The largest absolute Gasteiger partial charge is 0.372 e. The Hall–Kier alpha value is -3.01. The standard InChI is InChI=1S/C22H24F2N6O2/c23-20(24)19-15(10-30(27-19)13-4-2-1-3-5-13)25-22(31)14-6-8-28-9-7-18(26-21(14)28)29-11-17-16(29)12-32-17/h6-10,13,16-17,20H,1-5,11-12H2,(H,25,31). The van der Waals surface area contributed by atoms with Crippen molar-refractivity contribution in [1.29, 1.82) is 0 Å². The zero-order valence-electron chi connectivity index (χ0n) is 17.5. The van der Waals surface area contributed by atoms with Crippen molar-refractivity contribution in [3.63, 3.8) is 0 Å². The van der Waals surface area contributed by atoms with Crippen LogP contribution >= 0.6 is 0 Å². The number of fused-ring (bicyclic) bond motifs is 2. The van der Waals surface area contributed by atoms with Gasteiger partial charge in [-0.05, 0) is 25.0 Å². The fourth-order valence-electron chi connectivity index (χ4n) is 4.93. The van der Waals surface area contributed by atoms with Crippen molar-refractivity contribution < 1.29 is 18.3 Å². The first-order chi connectivity index (χ1) is 15.6. The van der Waals surface area contributed by atoms with Gasteiger partial charge in [0.15, 0.2) is 11.3 Å². The number of carbonyl (C=O) groups is 1. The number of ether oxygens (including phenoxy) is 1. The SMILES string of the molecule is O=C(Nc1cn(C2CCCCC2)nc1C(F)F)c1ccn2ccc(N3CC4OCC43)nc12. The number of morpholine rings is 1. The van der Waals surface area contributed by atoms with E-state index in [9.17, 15) is 13.6 Å². The highest BCUT2D eigenvalue weighted by Gasteiger charge is 2.47. The maximum atomic E-state index is 13.7. The number of halogens is 2. The molecule has 3 fully saturated rings. The molecule has 1 amide bonds. The molecule has 0 radical (unpaired) electrons. The zero-order valence-corrected chi connectivity index (χ0v) is 17.5. The number of hydrogen-bond acceptors (Lipinski definition) is 5. The van der Waals surface area contributed by atoms with E-state index in [2.05, 4.69) is 20.3 Å². The summed E-state index contributed by atoms with van der Waals surface area (Å²) in [5, 5.41) is 6.78.